The van der Waals surface area contributed by atoms with E-state index in [0.717, 1.165) is 31.5 Å². The van der Waals surface area contributed by atoms with Gasteiger partial charge in [0.1, 0.15) is 5.75 Å². The molecule has 1 fully saturated rings. The highest BCUT2D eigenvalue weighted by Crippen LogP contribution is 2.29. The molecule has 17 heavy (non-hydrogen) atoms. The summed E-state index contributed by atoms with van der Waals surface area (Å²) in [5.74, 6) is 0.0438. The van der Waals surface area contributed by atoms with Crippen LogP contribution in [-0.4, -0.2) is 24.0 Å². The van der Waals surface area contributed by atoms with E-state index < -0.39 is 0 Å². The lowest BCUT2D eigenvalue weighted by Crippen LogP contribution is -2.31. The molecule has 0 amide bonds. The monoisotopic (exact) mass is 253 g/mol. The van der Waals surface area contributed by atoms with Crippen LogP contribution in [0.15, 0.2) is 12.1 Å². The fourth-order valence-corrected chi connectivity index (χ4v) is 2.33. The molecule has 0 atom stereocenters. The van der Waals surface area contributed by atoms with Crippen molar-refractivity contribution in [2.45, 2.75) is 19.8 Å². The fourth-order valence-electron chi connectivity index (χ4n) is 2.17. The number of carbonyl (C=O) groups excluding carboxylic acids is 1. The molecule has 0 aromatic heterocycles. The van der Waals surface area contributed by atoms with Crippen LogP contribution in [0.2, 0.25) is 5.02 Å². The van der Waals surface area contributed by atoms with Crippen LogP contribution in [0.5, 0.6) is 5.75 Å². The van der Waals surface area contributed by atoms with Crippen molar-refractivity contribution >= 4 is 17.4 Å². The lowest BCUT2D eigenvalue weighted by molar-refractivity contribution is 0.0892. The quantitative estimate of drug-likeness (QED) is 0.797. The first-order valence-electron chi connectivity index (χ1n) is 5.83. The molecule has 2 N–H and O–H groups in total. The molecule has 2 rings (SSSR count). The van der Waals surface area contributed by atoms with Crippen molar-refractivity contribution in [3.63, 3.8) is 0 Å². The number of nitrogens with one attached hydrogen (secondary N) is 1. The summed E-state index contributed by atoms with van der Waals surface area (Å²) in [6.45, 7) is 3.52. The average molecular weight is 254 g/mol. The molecular weight excluding hydrogens is 238 g/mol. The van der Waals surface area contributed by atoms with Crippen molar-refractivity contribution in [3.8, 4) is 5.75 Å². The van der Waals surface area contributed by atoms with Crippen LogP contribution in [0, 0.1) is 12.8 Å². The standard InChI is InChI=1S/C13H16ClNO2/c1-8-6-12(16)10(7-11(8)14)13(17)9-2-4-15-5-3-9/h6-7,9,15-16H,2-5H2,1H3. The number of aromatic hydroxyl groups is 1. The number of hydrogen-bond acceptors (Lipinski definition) is 3. The summed E-state index contributed by atoms with van der Waals surface area (Å²) in [7, 11) is 0. The molecule has 0 saturated carbocycles. The van der Waals surface area contributed by atoms with E-state index in [-0.39, 0.29) is 17.5 Å². The summed E-state index contributed by atoms with van der Waals surface area (Å²) in [5, 5.41) is 13.6. The lowest BCUT2D eigenvalue weighted by Gasteiger charge is -2.21. The van der Waals surface area contributed by atoms with Crippen LogP contribution in [0.25, 0.3) is 0 Å². The molecule has 1 aromatic rings. The molecule has 0 radical (unpaired) electrons. The minimum absolute atomic E-state index is 0.000854. The predicted molar refractivity (Wildman–Crippen MR) is 67.8 cm³/mol. The third-order valence-electron chi connectivity index (χ3n) is 3.25. The Kier molecular flexibility index (Phi) is 3.69. The van der Waals surface area contributed by atoms with E-state index in [1.54, 1.807) is 19.1 Å². The van der Waals surface area contributed by atoms with Gasteiger partial charge >= 0.3 is 0 Å². The van der Waals surface area contributed by atoms with Gasteiger partial charge in [-0.05, 0) is 50.6 Å². The van der Waals surface area contributed by atoms with Crippen LogP contribution in [0.3, 0.4) is 0 Å². The maximum Gasteiger partial charge on any atom is 0.169 e. The number of benzene rings is 1. The number of Topliss-reactive ketones (excluding diaryl/α,β-unsaturated/α-hetero) is 1. The highest BCUT2D eigenvalue weighted by Gasteiger charge is 2.24. The molecule has 1 saturated heterocycles. The minimum atomic E-state index is 0.000854. The van der Waals surface area contributed by atoms with E-state index in [1.165, 1.54) is 0 Å². The maximum atomic E-state index is 12.2. The predicted octanol–water partition coefficient (Wildman–Crippen LogP) is 2.54. The van der Waals surface area contributed by atoms with Crippen LogP contribution in [0.1, 0.15) is 28.8 Å². The van der Waals surface area contributed by atoms with E-state index >= 15 is 0 Å². The Labute approximate surface area is 106 Å². The Bertz CT molecular complexity index is 439. The van der Waals surface area contributed by atoms with Gasteiger partial charge in [0.25, 0.3) is 0 Å². The normalized spacial score (nSPS) is 17.1. The van der Waals surface area contributed by atoms with Crippen molar-refractivity contribution < 1.29 is 9.90 Å². The highest BCUT2D eigenvalue weighted by atomic mass is 35.5. The molecule has 1 aliphatic rings. The van der Waals surface area contributed by atoms with Gasteiger partial charge < -0.3 is 10.4 Å². The first kappa shape index (κ1) is 12.4. The van der Waals surface area contributed by atoms with Crippen molar-refractivity contribution in [3.05, 3.63) is 28.3 Å². The van der Waals surface area contributed by atoms with Gasteiger partial charge in [0.05, 0.1) is 5.56 Å². The number of piperidine rings is 1. The Hall–Kier alpha value is -1.06. The number of hydrogen-bond donors (Lipinski definition) is 2. The number of ketones is 1. The second kappa shape index (κ2) is 5.07. The van der Waals surface area contributed by atoms with Gasteiger partial charge in [0.2, 0.25) is 0 Å². The third kappa shape index (κ3) is 2.61. The number of phenolic OH excluding ortho intramolecular Hbond substituents is 1. The average Bonchev–Trinajstić information content (AvgIpc) is 2.34. The maximum absolute atomic E-state index is 12.2. The molecule has 0 bridgehead atoms. The van der Waals surface area contributed by atoms with Gasteiger partial charge in [-0.1, -0.05) is 11.6 Å². The van der Waals surface area contributed by atoms with Gasteiger partial charge in [-0.25, -0.2) is 0 Å². The zero-order valence-electron chi connectivity index (χ0n) is 9.79. The molecule has 4 heteroatoms. The van der Waals surface area contributed by atoms with E-state index in [9.17, 15) is 9.90 Å². The number of carbonyl (C=O) groups is 1. The number of phenols is 1. The molecule has 0 aliphatic carbocycles. The van der Waals surface area contributed by atoms with Gasteiger partial charge in [-0.2, -0.15) is 0 Å². The fraction of sp³-hybridized carbons (Fsp3) is 0.462. The topological polar surface area (TPSA) is 49.3 Å². The Balaban J connectivity index is 2.26. The van der Waals surface area contributed by atoms with E-state index in [1.807, 2.05) is 0 Å². The number of rotatable bonds is 2. The molecule has 3 nitrogen and oxygen atoms in total. The first-order chi connectivity index (χ1) is 8.09. The zero-order chi connectivity index (χ0) is 12.4. The Morgan fingerprint density at radius 1 is 1.41 bits per heavy atom. The number of halogens is 1. The van der Waals surface area contributed by atoms with E-state index in [0.29, 0.717) is 10.6 Å². The molecule has 92 valence electrons. The van der Waals surface area contributed by atoms with Crippen molar-refractivity contribution in [2.24, 2.45) is 5.92 Å². The second-order valence-corrected chi connectivity index (χ2v) is 4.91. The van der Waals surface area contributed by atoms with Crippen molar-refractivity contribution in [1.29, 1.82) is 0 Å². The molecular formula is C13H16ClNO2. The summed E-state index contributed by atoms with van der Waals surface area (Å²) in [4.78, 5) is 12.2. The summed E-state index contributed by atoms with van der Waals surface area (Å²) < 4.78 is 0. The van der Waals surface area contributed by atoms with Gasteiger partial charge in [0, 0.05) is 10.9 Å². The first-order valence-corrected chi connectivity index (χ1v) is 6.21. The Morgan fingerprint density at radius 2 is 2.06 bits per heavy atom. The van der Waals surface area contributed by atoms with Crippen LogP contribution in [0.4, 0.5) is 0 Å². The van der Waals surface area contributed by atoms with E-state index in [4.69, 9.17) is 11.6 Å². The molecule has 1 aromatic carbocycles. The second-order valence-electron chi connectivity index (χ2n) is 4.51. The van der Waals surface area contributed by atoms with Crippen LogP contribution >= 0.6 is 11.6 Å². The molecule has 1 aliphatic heterocycles. The molecule has 1 heterocycles. The summed E-state index contributed by atoms with van der Waals surface area (Å²) >= 11 is 5.99. The van der Waals surface area contributed by atoms with Gasteiger partial charge in [-0.3, -0.25) is 4.79 Å². The molecule has 0 spiro atoms. The SMILES string of the molecule is Cc1cc(O)c(C(=O)C2CCNCC2)cc1Cl. The Morgan fingerprint density at radius 3 is 2.71 bits per heavy atom. The smallest absolute Gasteiger partial charge is 0.169 e. The van der Waals surface area contributed by atoms with Crippen LogP contribution < -0.4 is 5.32 Å². The largest absolute Gasteiger partial charge is 0.507 e. The molecule has 0 unspecified atom stereocenters. The lowest BCUT2D eigenvalue weighted by atomic mass is 9.89. The highest BCUT2D eigenvalue weighted by molar-refractivity contribution is 6.31. The van der Waals surface area contributed by atoms with Gasteiger partial charge in [0.15, 0.2) is 5.78 Å². The van der Waals surface area contributed by atoms with Gasteiger partial charge in [-0.15, -0.1) is 0 Å². The zero-order valence-corrected chi connectivity index (χ0v) is 10.5. The van der Waals surface area contributed by atoms with Crippen LogP contribution in [-0.2, 0) is 0 Å². The summed E-state index contributed by atoms with van der Waals surface area (Å²) in [6, 6.07) is 3.13. The number of aryl methyl sites for hydroxylation is 1. The van der Waals surface area contributed by atoms with Crippen molar-refractivity contribution in [2.75, 3.05) is 13.1 Å². The van der Waals surface area contributed by atoms with Crippen molar-refractivity contribution in [1.82, 2.24) is 5.32 Å². The van der Waals surface area contributed by atoms with E-state index in [2.05, 4.69) is 5.32 Å². The third-order valence-corrected chi connectivity index (χ3v) is 3.66. The minimum Gasteiger partial charge on any atom is -0.507 e. The summed E-state index contributed by atoms with van der Waals surface area (Å²) in [5.41, 5.74) is 1.14. The summed E-state index contributed by atoms with van der Waals surface area (Å²) in [6.07, 6.45) is 1.65.